The zero-order valence-corrected chi connectivity index (χ0v) is 12.5. The maximum Gasteiger partial charge on any atom is 0.0662 e. The van der Waals surface area contributed by atoms with Gasteiger partial charge in [-0.05, 0) is 62.1 Å². The van der Waals surface area contributed by atoms with Gasteiger partial charge in [0.2, 0.25) is 0 Å². The van der Waals surface area contributed by atoms with E-state index in [4.69, 9.17) is 0 Å². The number of aliphatic imine (C=N–C) groups is 2. The molecule has 0 heterocycles. The molecule has 2 aromatic rings. The second kappa shape index (κ2) is 6.29. The molecule has 0 amide bonds. The van der Waals surface area contributed by atoms with E-state index in [-0.39, 0.29) is 0 Å². The van der Waals surface area contributed by atoms with Crippen LogP contribution in [0.15, 0.2) is 46.4 Å². The van der Waals surface area contributed by atoms with Gasteiger partial charge in [-0.2, -0.15) is 0 Å². The Morgan fingerprint density at radius 2 is 1.05 bits per heavy atom. The van der Waals surface area contributed by atoms with Crippen LogP contribution in [0.4, 0.5) is 11.4 Å². The van der Waals surface area contributed by atoms with Crippen molar-refractivity contribution in [2.45, 2.75) is 27.7 Å². The maximum absolute atomic E-state index is 4.46. The Morgan fingerprint density at radius 3 is 1.45 bits per heavy atom. The first-order valence-corrected chi connectivity index (χ1v) is 6.77. The van der Waals surface area contributed by atoms with Crippen molar-refractivity contribution < 1.29 is 0 Å². The van der Waals surface area contributed by atoms with Gasteiger partial charge in [0, 0.05) is 12.4 Å². The van der Waals surface area contributed by atoms with Gasteiger partial charge >= 0.3 is 0 Å². The molecule has 0 radical (unpaired) electrons. The molecule has 20 heavy (non-hydrogen) atoms. The number of rotatable bonds is 3. The standard InChI is InChI=1S/C18H20N2/c1-13-5-7-15(3)17(11-13)19-9-10-20-18-12-14(2)6-8-16(18)4/h5-12H,1-4H3. The van der Waals surface area contributed by atoms with Crippen molar-refractivity contribution in [1.82, 2.24) is 0 Å². The molecular weight excluding hydrogens is 244 g/mol. The first-order valence-electron chi connectivity index (χ1n) is 6.77. The third-order valence-corrected chi connectivity index (χ3v) is 3.22. The molecule has 0 unspecified atom stereocenters. The Morgan fingerprint density at radius 1 is 0.650 bits per heavy atom. The minimum Gasteiger partial charge on any atom is -0.255 e. The summed E-state index contributed by atoms with van der Waals surface area (Å²) >= 11 is 0. The minimum absolute atomic E-state index is 0.998. The van der Waals surface area contributed by atoms with E-state index >= 15 is 0 Å². The Bertz CT molecular complexity index is 608. The van der Waals surface area contributed by atoms with Gasteiger partial charge in [0.05, 0.1) is 11.4 Å². The zero-order valence-electron chi connectivity index (χ0n) is 12.5. The second-order valence-corrected chi connectivity index (χ2v) is 5.14. The van der Waals surface area contributed by atoms with Crippen molar-refractivity contribution in [3.05, 3.63) is 58.7 Å². The van der Waals surface area contributed by atoms with E-state index in [1.807, 2.05) is 0 Å². The van der Waals surface area contributed by atoms with Gasteiger partial charge < -0.3 is 0 Å². The summed E-state index contributed by atoms with van der Waals surface area (Å²) in [4.78, 5) is 8.92. The first-order chi connectivity index (χ1) is 9.56. The van der Waals surface area contributed by atoms with Crippen molar-refractivity contribution in [3.63, 3.8) is 0 Å². The lowest BCUT2D eigenvalue weighted by molar-refractivity contribution is 1.35. The van der Waals surface area contributed by atoms with Crippen molar-refractivity contribution in [3.8, 4) is 0 Å². The number of hydrogen-bond donors (Lipinski definition) is 0. The molecular formula is C18H20N2. The molecule has 0 bridgehead atoms. The van der Waals surface area contributed by atoms with E-state index in [0.29, 0.717) is 0 Å². The molecule has 0 atom stereocenters. The van der Waals surface area contributed by atoms with Crippen LogP contribution in [-0.4, -0.2) is 12.4 Å². The molecule has 0 aliphatic rings. The fourth-order valence-corrected chi connectivity index (χ4v) is 1.94. The van der Waals surface area contributed by atoms with E-state index in [2.05, 4.69) is 74.1 Å². The predicted molar refractivity (Wildman–Crippen MR) is 88.1 cm³/mol. The lowest BCUT2D eigenvalue weighted by Crippen LogP contribution is -1.81. The van der Waals surface area contributed by atoms with Gasteiger partial charge in [-0.25, -0.2) is 0 Å². The highest BCUT2D eigenvalue weighted by Gasteiger charge is 1.96. The third kappa shape index (κ3) is 3.64. The molecule has 0 aliphatic carbocycles. The van der Waals surface area contributed by atoms with Crippen LogP contribution < -0.4 is 0 Å². The molecule has 2 heteroatoms. The predicted octanol–water partition coefficient (Wildman–Crippen LogP) is 5.03. The molecule has 102 valence electrons. The summed E-state index contributed by atoms with van der Waals surface area (Å²) in [6.45, 7) is 8.27. The molecule has 2 nitrogen and oxygen atoms in total. The van der Waals surface area contributed by atoms with Gasteiger partial charge in [0.15, 0.2) is 0 Å². The van der Waals surface area contributed by atoms with Gasteiger partial charge in [0.25, 0.3) is 0 Å². The topological polar surface area (TPSA) is 24.7 Å². The normalized spacial score (nSPS) is 11.6. The lowest BCUT2D eigenvalue weighted by Gasteiger charge is -2.01. The highest BCUT2D eigenvalue weighted by Crippen LogP contribution is 2.20. The molecule has 0 N–H and O–H groups in total. The summed E-state index contributed by atoms with van der Waals surface area (Å²) in [5, 5.41) is 0. The highest BCUT2D eigenvalue weighted by molar-refractivity contribution is 6.17. The van der Waals surface area contributed by atoms with E-state index in [1.54, 1.807) is 12.4 Å². The Labute approximate surface area is 120 Å². The molecule has 0 saturated carbocycles. The van der Waals surface area contributed by atoms with E-state index in [9.17, 15) is 0 Å². The summed E-state index contributed by atoms with van der Waals surface area (Å²) in [6.07, 6.45) is 3.51. The fourth-order valence-electron chi connectivity index (χ4n) is 1.94. The zero-order chi connectivity index (χ0) is 14.5. The van der Waals surface area contributed by atoms with E-state index in [1.165, 1.54) is 22.3 Å². The molecule has 2 aromatic carbocycles. The van der Waals surface area contributed by atoms with E-state index in [0.717, 1.165) is 11.4 Å². The Balaban J connectivity index is 2.15. The molecule has 0 spiro atoms. The van der Waals surface area contributed by atoms with E-state index < -0.39 is 0 Å². The number of hydrogen-bond acceptors (Lipinski definition) is 2. The quantitative estimate of drug-likeness (QED) is 0.695. The average Bonchev–Trinajstić information content (AvgIpc) is 2.42. The molecule has 0 aliphatic heterocycles. The van der Waals surface area contributed by atoms with Crippen LogP contribution in [0.1, 0.15) is 22.3 Å². The van der Waals surface area contributed by atoms with Crippen LogP contribution in [0.25, 0.3) is 0 Å². The van der Waals surface area contributed by atoms with Gasteiger partial charge in [-0.15, -0.1) is 0 Å². The molecule has 0 saturated heterocycles. The van der Waals surface area contributed by atoms with Crippen LogP contribution in [-0.2, 0) is 0 Å². The first kappa shape index (κ1) is 14.2. The van der Waals surface area contributed by atoms with Crippen molar-refractivity contribution >= 4 is 23.8 Å². The third-order valence-electron chi connectivity index (χ3n) is 3.22. The van der Waals surface area contributed by atoms with Gasteiger partial charge in [-0.1, -0.05) is 24.3 Å². The summed E-state index contributed by atoms with van der Waals surface area (Å²) < 4.78 is 0. The number of aryl methyl sites for hydroxylation is 4. The number of nitrogens with zero attached hydrogens (tertiary/aromatic N) is 2. The lowest BCUT2D eigenvalue weighted by atomic mass is 10.1. The summed E-state index contributed by atoms with van der Waals surface area (Å²) in [5.74, 6) is 0. The van der Waals surface area contributed by atoms with Crippen LogP contribution in [0.5, 0.6) is 0 Å². The number of benzene rings is 2. The average molecular weight is 264 g/mol. The fraction of sp³-hybridized carbons (Fsp3) is 0.222. The second-order valence-electron chi connectivity index (χ2n) is 5.14. The van der Waals surface area contributed by atoms with Crippen LogP contribution in [0.2, 0.25) is 0 Å². The largest absolute Gasteiger partial charge is 0.255 e. The van der Waals surface area contributed by atoms with Crippen LogP contribution in [0.3, 0.4) is 0 Å². The van der Waals surface area contributed by atoms with Crippen molar-refractivity contribution in [1.29, 1.82) is 0 Å². The van der Waals surface area contributed by atoms with Gasteiger partial charge in [0.1, 0.15) is 0 Å². The smallest absolute Gasteiger partial charge is 0.0662 e. The summed E-state index contributed by atoms with van der Waals surface area (Å²) in [7, 11) is 0. The summed E-state index contributed by atoms with van der Waals surface area (Å²) in [6, 6.07) is 12.5. The monoisotopic (exact) mass is 264 g/mol. The van der Waals surface area contributed by atoms with Gasteiger partial charge in [-0.3, -0.25) is 9.98 Å². The summed E-state index contributed by atoms with van der Waals surface area (Å²) in [5.41, 5.74) is 6.78. The Hall–Kier alpha value is -2.22. The molecule has 2 rings (SSSR count). The Kier molecular flexibility index (Phi) is 4.46. The van der Waals surface area contributed by atoms with Crippen molar-refractivity contribution in [2.75, 3.05) is 0 Å². The van der Waals surface area contributed by atoms with Crippen molar-refractivity contribution in [2.24, 2.45) is 9.98 Å². The molecule has 0 aromatic heterocycles. The SMILES string of the molecule is Cc1ccc(C)c(N=CC=Nc2cc(C)ccc2C)c1. The minimum atomic E-state index is 0.998. The maximum atomic E-state index is 4.46. The van der Waals surface area contributed by atoms with Crippen LogP contribution >= 0.6 is 0 Å². The molecule has 0 fully saturated rings. The highest BCUT2D eigenvalue weighted by atomic mass is 14.8. The van der Waals surface area contributed by atoms with Crippen LogP contribution in [0, 0.1) is 27.7 Å².